The summed E-state index contributed by atoms with van der Waals surface area (Å²) < 4.78 is 13.1. The average molecular weight is 484 g/mol. The standard InChI is InChI=1S/C25H29N3O3S2/c1-30-21-11-10-18(16-22(21)31-2)12-15-28-24(29)23(33-25(28)32)17-26-19-8-4-5-9-20(19)27-13-6-3-7-14-27/h4-5,8-11,16-17,29H,3,6-7,12-15H2,1-2H3. The van der Waals surface area contributed by atoms with Gasteiger partial charge in [-0.1, -0.05) is 29.5 Å². The molecule has 0 saturated carbocycles. The second-order valence-corrected chi connectivity index (χ2v) is 9.62. The predicted octanol–water partition coefficient (Wildman–Crippen LogP) is 5.99. The Labute approximate surface area is 203 Å². The SMILES string of the molecule is COc1ccc(CCn2c(O)c(C=Nc3ccccc3N3CCCCC3)sc2=S)cc1OC. The molecule has 1 aliphatic rings. The van der Waals surface area contributed by atoms with Crippen LogP contribution in [0, 0.1) is 3.95 Å². The second-order valence-electron chi connectivity index (χ2n) is 7.94. The molecule has 2 heterocycles. The lowest BCUT2D eigenvalue weighted by Gasteiger charge is -2.29. The highest BCUT2D eigenvalue weighted by molar-refractivity contribution is 7.73. The molecule has 0 spiro atoms. The Morgan fingerprint density at radius 2 is 1.82 bits per heavy atom. The molecule has 3 aromatic rings. The van der Waals surface area contributed by atoms with Crippen LogP contribution in [0.15, 0.2) is 47.5 Å². The molecular formula is C25H29N3O3S2. The van der Waals surface area contributed by atoms with Crippen LogP contribution < -0.4 is 14.4 Å². The molecule has 0 amide bonds. The number of aromatic nitrogens is 1. The summed E-state index contributed by atoms with van der Waals surface area (Å²) in [7, 11) is 3.24. The fourth-order valence-electron chi connectivity index (χ4n) is 4.08. The smallest absolute Gasteiger partial charge is 0.212 e. The van der Waals surface area contributed by atoms with E-state index in [0.717, 1.165) is 30.0 Å². The number of aliphatic imine (C=N–C) groups is 1. The topological polar surface area (TPSA) is 59.2 Å². The van der Waals surface area contributed by atoms with E-state index in [1.54, 1.807) is 25.0 Å². The van der Waals surface area contributed by atoms with Crippen LogP contribution in [0.4, 0.5) is 11.4 Å². The van der Waals surface area contributed by atoms with E-state index in [4.69, 9.17) is 26.7 Å². The molecule has 0 atom stereocenters. The minimum atomic E-state index is 0.157. The number of para-hydroxylation sites is 2. The lowest BCUT2D eigenvalue weighted by molar-refractivity contribution is 0.354. The van der Waals surface area contributed by atoms with Crippen LogP contribution in [0.2, 0.25) is 0 Å². The number of aryl methyl sites for hydroxylation is 1. The molecule has 4 rings (SSSR count). The molecule has 0 radical (unpaired) electrons. The van der Waals surface area contributed by atoms with Gasteiger partial charge in [-0.3, -0.25) is 9.56 Å². The quantitative estimate of drug-likeness (QED) is 0.315. The van der Waals surface area contributed by atoms with Gasteiger partial charge in [0.25, 0.3) is 0 Å². The highest BCUT2D eigenvalue weighted by Gasteiger charge is 2.15. The number of nitrogens with zero attached hydrogens (tertiary/aromatic N) is 3. The van der Waals surface area contributed by atoms with Crippen LogP contribution in [-0.2, 0) is 13.0 Å². The zero-order valence-corrected chi connectivity index (χ0v) is 20.6. The number of methoxy groups -OCH3 is 2. The summed E-state index contributed by atoms with van der Waals surface area (Å²) >= 11 is 6.90. The number of piperidine rings is 1. The number of anilines is 1. The van der Waals surface area contributed by atoms with Crippen molar-refractivity contribution in [1.82, 2.24) is 4.57 Å². The third kappa shape index (κ3) is 5.39. The van der Waals surface area contributed by atoms with Crippen LogP contribution in [0.3, 0.4) is 0 Å². The molecule has 1 fully saturated rings. The Hall–Kier alpha value is -2.84. The van der Waals surface area contributed by atoms with E-state index in [2.05, 4.69) is 17.0 Å². The van der Waals surface area contributed by atoms with E-state index in [9.17, 15) is 5.11 Å². The number of rotatable bonds is 8. The molecule has 8 heteroatoms. The Kier molecular flexibility index (Phi) is 7.67. The Morgan fingerprint density at radius 1 is 1.06 bits per heavy atom. The van der Waals surface area contributed by atoms with Gasteiger partial charge < -0.3 is 19.5 Å². The molecule has 174 valence electrons. The van der Waals surface area contributed by atoms with Gasteiger partial charge in [0.2, 0.25) is 5.88 Å². The maximum atomic E-state index is 10.8. The van der Waals surface area contributed by atoms with Crippen LogP contribution >= 0.6 is 23.6 Å². The van der Waals surface area contributed by atoms with Gasteiger partial charge in [-0.05, 0) is 67.7 Å². The van der Waals surface area contributed by atoms with Crippen molar-refractivity contribution in [2.24, 2.45) is 4.99 Å². The van der Waals surface area contributed by atoms with Gasteiger partial charge in [-0.15, -0.1) is 0 Å². The van der Waals surface area contributed by atoms with E-state index in [-0.39, 0.29) is 5.88 Å². The number of hydrogen-bond donors (Lipinski definition) is 1. The van der Waals surface area contributed by atoms with Gasteiger partial charge in [0.15, 0.2) is 15.5 Å². The van der Waals surface area contributed by atoms with Gasteiger partial charge in [0.05, 0.1) is 31.8 Å². The summed E-state index contributed by atoms with van der Waals surface area (Å²) in [6.45, 7) is 2.68. The maximum absolute atomic E-state index is 10.8. The summed E-state index contributed by atoms with van der Waals surface area (Å²) in [6.07, 6.45) is 6.14. The summed E-state index contributed by atoms with van der Waals surface area (Å²) in [5.41, 5.74) is 3.13. The van der Waals surface area contributed by atoms with Crippen molar-refractivity contribution in [2.75, 3.05) is 32.2 Å². The van der Waals surface area contributed by atoms with Crippen molar-refractivity contribution >= 4 is 41.1 Å². The number of aromatic hydroxyl groups is 1. The number of thiazole rings is 1. The first-order valence-electron chi connectivity index (χ1n) is 11.1. The van der Waals surface area contributed by atoms with Crippen LogP contribution in [-0.4, -0.2) is 43.2 Å². The summed E-state index contributed by atoms with van der Waals surface area (Å²) in [5.74, 6) is 1.54. The van der Waals surface area contributed by atoms with Crippen molar-refractivity contribution in [3.8, 4) is 17.4 Å². The first-order chi connectivity index (χ1) is 16.1. The van der Waals surface area contributed by atoms with Crippen LogP contribution in [0.5, 0.6) is 17.4 Å². The third-order valence-corrected chi connectivity index (χ3v) is 7.24. The summed E-state index contributed by atoms with van der Waals surface area (Å²) in [5, 5.41) is 10.8. The van der Waals surface area contributed by atoms with Gasteiger partial charge >= 0.3 is 0 Å². The largest absolute Gasteiger partial charge is 0.493 e. The molecule has 0 bridgehead atoms. The first kappa shape index (κ1) is 23.3. The molecule has 0 unspecified atom stereocenters. The first-order valence-corrected chi connectivity index (χ1v) is 12.3. The van der Waals surface area contributed by atoms with E-state index in [1.807, 2.05) is 30.3 Å². The van der Waals surface area contributed by atoms with Crippen molar-refractivity contribution in [3.05, 3.63) is 56.9 Å². The summed E-state index contributed by atoms with van der Waals surface area (Å²) in [6, 6.07) is 14.0. The fraction of sp³-hybridized carbons (Fsp3) is 0.360. The number of benzene rings is 2. The molecule has 1 aliphatic heterocycles. The molecule has 1 aromatic heterocycles. The zero-order chi connectivity index (χ0) is 23.2. The van der Waals surface area contributed by atoms with Crippen molar-refractivity contribution < 1.29 is 14.6 Å². The van der Waals surface area contributed by atoms with Crippen molar-refractivity contribution in [2.45, 2.75) is 32.2 Å². The Morgan fingerprint density at radius 3 is 2.58 bits per heavy atom. The molecular weight excluding hydrogens is 454 g/mol. The number of ether oxygens (including phenoxy) is 2. The second kappa shape index (κ2) is 10.9. The van der Waals surface area contributed by atoms with E-state index >= 15 is 0 Å². The van der Waals surface area contributed by atoms with Gasteiger partial charge in [0.1, 0.15) is 4.88 Å². The Balaban J connectivity index is 1.51. The molecule has 0 aliphatic carbocycles. The van der Waals surface area contributed by atoms with Gasteiger partial charge in [-0.2, -0.15) is 0 Å². The minimum absolute atomic E-state index is 0.157. The van der Waals surface area contributed by atoms with Crippen molar-refractivity contribution in [1.29, 1.82) is 0 Å². The highest BCUT2D eigenvalue weighted by atomic mass is 32.1. The molecule has 6 nitrogen and oxygen atoms in total. The van der Waals surface area contributed by atoms with E-state index in [0.29, 0.717) is 33.3 Å². The molecule has 1 saturated heterocycles. The minimum Gasteiger partial charge on any atom is -0.493 e. The molecule has 2 aromatic carbocycles. The lowest BCUT2D eigenvalue weighted by atomic mass is 10.1. The average Bonchev–Trinajstić information content (AvgIpc) is 3.14. The highest BCUT2D eigenvalue weighted by Crippen LogP contribution is 2.32. The van der Waals surface area contributed by atoms with Crippen LogP contribution in [0.25, 0.3) is 0 Å². The van der Waals surface area contributed by atoms with E-state index in [1.165, 1.54) is 30.6 Å². The van der Waals surface area contributed by atoms with E-state index < -0.39 is 0 Å². The molecule has 1 N–H and O–H groups in total. The van der Waals surface area contributed by atoms with Gasteiger partial charge in [0, 0.05) is 19.6 Å². The third-order valence-electron chi connectivity index (χ3n) is 5.87. The Bertz CT molecular complexity index is 1180. The monoisotopic (exact) mass is 483 g/mol. The fourth-order valence-corrected chi connectivity index (χ4v) is 5.31. The van der Waals surface area contributed by atoms with Gasteiger partial charge in [-0.25, -0.2) is 0 Å². The maximum Gasteiger partial charge on any atom is 0.212 e. The van der Waals surface area contributed by atoms with Crippen molar-refractivity contribution in [3.63, 3.8) is 0 Å². The molecule has 33 heavy (non-hydrogen) atoms. The zero-order valence-electron chi connectivity index (χ0n) is 19.0. The van der Waals surface area contributed by atoms with Crippen LogP contribution in [0.1, 0.15) is 29.7 Å². The predicted molar refractivity (Wildman–Crippen MR) is 138 cm³/mol. The number of hydrogen-bond acceptors (Lipinski definition) is 7. The summed E-state index contributed by atoms with van der Waals surface area (Å²) in [4.78, 5) is 7.78. The lowest BCUT2D eigenvalue weighted by Crippen LogP contribution is -2.29. The normalized spacial score (nSPS) is 14.1.